The molecule has 164 valence electrons. The lowest BCUT2D eigenvalue weighted by Gasteiger charge is -2.06. The SMILES string of the molecule is CCOCCCNC(=O)/C(C#N)=c1\s/c(=C\c2ccccn2)c(=O)n1-c1ccc(Cl)cc1. The van der Waals surface area contributed by atoms with Crippen LogP contribution in [0.1, 0.15) is 19.0 Å². The quantitative estimate of drug-likeness (QED) is 0.510. The average molecular weight is 469 g/mol. The molecular formula is C23H21ClN4O3S. The topological polar surface area (TPSA) is 97.0 Å². The van der Waals surface area contributed by atoms with Gasteiger partial charge in [-0.1, -0.05) is 17.7 Å². The van der Waals surface area contributed by atoms with Crippen molar-refractivity contribution in [3.05, 3.63) is 78.9 Å². The standard InChI is InChI=1S/C23H21ClN4O3S/c1-2-31-13-5-12-27-21(29)19(15-25)23-28(18-9-7-16(24)8-10-18)22(30)20(32-23)14-17-6-3-4-11-26-17/h3-4,6-11,14H,2,5,12-13H2,1H3,(H,27,29)/b20-14-,23-19-. The van der Waals surface area contributed by atoms with Crippen LogP contribution in [0, 0.1) is 11.3 Å². The van der Waals surface area contributed by atoms with Crippen molar-refractivity contribution in [2.45, 2.75) is 13.3 Å². The number of nitrogens with zero attached hydrogens (tertiary/aromatic N) is 3. The van der Waals surface area contributed by atoms with Crippen LogP contribution in [0.4, 0.5) is 0 Å². The molecule has 1 amide bonds. The highest BCUT2D eigenvalue weighted by molar-refractivity contribution is 7.07. The van der Waals surface area contributed by atoms with Gasteiger partial charge in [0.1, 0.15) is 10.7 Å². The maximum absolute atomic E-state index is 13.3. The Morgan fingerprint density at radius 2 is 2.09 bits per heavy atom. The lowest BCUT2D eigenvalue weighted by molar-refractivity contribution is -0.115. The van der Waals surface area contributed by atoms with Crippen LogP contribution in [-0.2, 0) is 9.53 Å². The molecule has 0 saturated heterocycles. The normalized spacial score (nSPS) is 12.3. The van der Waals surface area contributed by atoms with Crippen molar-refractivity contribution in [2.24, 2.45) is 0 Å². The smallest absolute Gasteiger partial charge is 0.273 e. The fourth-order valence-corrected chi connectivity index (χ4v) is 4.09. The molecule has 7 nitrogen and oxygen atoms in total. The Bertz CT molecular complexity index is 1290. The van der Waals surface area contributed by atoms with E-state index in [1.165, 1.54) is 4.57 Å². The van der Waals surface area contributed by atoms with Crippen LogP contribution in [-0.4, -0.2) is 35.2 Å². The maximum atomic E-state index is 13.3. The highest BCUT2D eigenvalue weighted by Gasteiger charge is 2.17. The number of amides is 1. The van der Waals surface area contributed by atoms with Gasteiger partial charge < -0.3 is 10.1 Å². The number of carbonyl (C=O) groups is 1. The van der Waals surface area contributed by atoms with E-state index in [0.717, 1.165) is 11.3 Å². The molecule has 0 radical (unpaired) electrons. The summed E-state index contributed by atoms with van der Waals surface area (Å²) in [5.74, 6) is -0.544. The van der Waals surface area contributed by atoms with E-state index < -0.39 is 5.91 Å². The van der Waals surface area contributed by atoms with Gasteiger partial charge >= 0.3 is 0 Å². The molecule has 0 aliphatic carbocycles. The van der Waals surface area contributed by atoms with Gasteiger partial charge in [-0.05, 0) is 55.8 Å². The number of nitrogens with one attached hydrogen (secondary N) is 1. The fraction of sp³-hybridized carbons (Fsp3) is 0.217. The van der Waals surface area contributed by atoms with Gasteiger partial charge in [0.2, 0.25) is 0 Å². The Morgan fingerprint density at radius 1 is 1.31 bits per heavy atom. The summed E-state index contributed by atoms with van der Waals surface area (Å²) in [4.78, 5) is 30.3. The lowest BCUT2D eigenvalue weighted by atomic mass is 10.2. The van der Waals surface area contributed by atoms with E-state index in [4.69, 9.17) is 16.3 Å². The number of carbonyl (C=O) groups excluding carboxylic acids is 1. The van der Waals surface area contributed by atoms with E-state index in [2.05, 4.69) is 10.3 Å². The van der Waals surface area contributed by atoms with Crippen molar-refractivity contribution in [2.75, 3.05) is 19.8 Å². The third-order valence-electron chi connectivity index (χ3n) is 4.38. The number of hydrogen-bond donors (Lipinski definition) is 1. The number of aromatic nitrogens is 2. The minimum absolute atomic E-state index is 0.140. The Labute approximate surface area is 193 Å². The van der Waals surface area contributed by atoms with Crippen LogP contribution < -0.4 is 20.1 Å². The Hall–Kier alpha value is -3.25. The maximum Gasteiger partial charge on any atom is 0.273 e. The highest BCUT2D eigenvalue weighted by atomic mass is 35.5. The minimum Gasteiger partial charge on any atom is -0.382 e. The van der Waals surface area contributed by atoms with E-state index in [9.17, 15) is 14.9 Å². The number of nitriles is 1. The fourth-order valence-electron chi connectivity index (χ4n) is 2.87. The zero-order valence-corrected chi connectivity index (χ0v) is 18.9. The predicted molar refractivity (Wildman–Crippen MR) is 125 cm³/mol. The van der Waals surface area contributed by atoms with E-state index in [0.29, 0.717) is 47.1 Å². The first-order chi connectivity index (χ1) is 15.5. The second-order valence-corrected chi connectivity index (χ2v) is 8.05. The molecule has 1 aromatic carbocycles. The summed E-state index contributed by atoms with van der Waals surface area (Å²) in [6.07, 6.45) is 3.88. The summed E-state index contributed by atoms with van der Waals surface area (Å²) in [5, 5.41) is 13.0. The van der Waals surface area contributed by atoms with Crippen LogP contribution >= 0.6 is 22.9 Å². The highest BCUT2D eigenvalue weighted by Crippen LogP contribution is 2.11. The van der Waals surface area contributed by atoms with Crippen LogP contribution in [0.3, 0.4) is 0 Å². The summed E-state index contributed by atoms with van der Waals surface area (Å²) in [6.45, 7) is 3.36. The first kappa shape index (κ1) is 23.4. The van der Waals surface area contributed by atoms with Gasteiger partial charge in [-0.2, -0.15) is 5.26 Å². The Morgan fingerprint density at radius 3 is 2.75 bits per heavy atom. The van der Waals surface area contributed by atoms with E-state index in [-0.39, 0.29) is 15.8 Å². The largest absolute Gasteiger partial charge is 0.382 e. The number of thiazole rings is 1. The third kappa shape index (κ3) is 5.71. The summed E-state index contributed by atoms with van der Waals surface area (Å²) < 4.78 is 7.21. The summed E-state index contributed by atoms with van der Waals surface area (Å²) in [6, 6.07) is 13.9. The molecule has 32 heavy (non-hydrogen) atoms. The molecule has 1 N–H and O–H groups in total. The van der Waals surface area contributed by atoms with Crippen LogP contribution in [0.2, 0.25) is 5.02 Å². The number of hydrogen-bond acceptors (Lipinski definition) is 6. The van der Waals surface area contributed by atoms with Gasteiger partial charge in [0.05, 0.1) is 15.9 Å². The molecule has 9 heteroatoms. The number of halogens is 1. The second-order valence-electron chi connectivity index (χ2n) is 6.58. The lowest BCUT2D eigenvalue weighted by Crippen LogP contribution is -2.34. The summed E-state index contributed by atoms with van der Waals surface area (Å²) in [5.41, 5.74) is 0.608. The van der Waals surface area contributed by atoms with Crippen LogP contribution in [0.5, 0.6) is 0 Å². The molecule has 0 aliphatic heterocycles. The van der Waals surface area contributed by atoms with Gasteiger partial charge in [0, 0.05) is 31.0 Å². The van der Waals surface area contributed by atoms with E-state index in [1.807, 2.05) is 19.1 Å². The zero-order chi connectivity index (χ0) is 22.9. The van der Waals surface area contributed by atoms with Crippen LogP contribution in [0.15, 0.2) is 53.5 Å². The van der Waals surface area contributed by atoms with Gasteiger partial charge in [-0.3, -0.25) is 19.1 Å². The first-order valence-electron chi connectivity index (χ1n) is 9.96. The number of pyridine rings is 1. The summed E-state index contributed by atoms with van der Waals surface area (Å²) >= 11 is 7.06. The van der Waals surface area contributed by atoms with Crippen molar-refractivity contribution in [3.63, 3.8) is 0 Å². The molecule has 0 aliphatic rings. The molecule has 2 heterocycles. The monoisotopic (exact) mass is 468 g/mol. The van der Waals surface area contributed by atoms with Crippen molar-refractivity contribution in [1.82, 2.24) is 14.9 Å². The van der Waals surface area contributed by atoms with E-state index in [1.54, 1.807) is 48.7 Å². The first-order valence-corrected chi connectivity index (χ1v) is 11.2. The molecule has 3 aromatic rings. The average Bonchev–Trinajstić information content (AvgIpc) is 3.11. The molecular weight excluding hydrogens is 448 g/mol. The van der Waals surface area contributed by atoms with Gasteiger partial charge in [0.15, 0.2) is 5.57 Å². The zero-order valence-electron chi connectivity index (χ0n) is 17.4. The molecule has 0 atom stereocenters. The molecule has 0 fully saturated rings. The number of benzene rings is 1. The predicted octanol–water partition coefficient (Wildman–Crippen LogP) is 1.99. The molecule has 0 saturated carbocycles. The van der Waals surface area contributed by atoms with Gasteiger partial charge in [-0.25, -0.2) is 0 Å². The van der Waals surface area contributed by atoms with Crippen molar-refractivity contribution >= 4 is 40.5 Å². The van der Waals surface area contributed by atoms with Crippen molar-refractivity contribution in [1.29, 1.82) is 5.26 Å². The summed E-state index contributed by atoms with van der Waals surface area (Å²) in [7, 11) is 0. The Balaban J connectivity index is 2.14. The Kier molecular flexibility index (Phi) is 8.34. The molecule has 0 unspecified atom stereocenters. The number of rotatable bonds is 8. The van der Waals surface area contributed by atoms with Crippen LogP contribution in [0.25, 0.3) is 17.3 Å². The van der Waals surface area contributed by atoms with E-state index >= 15 is 0 Å². The molecule has 0 bridgehead atoms. The molecule has 3 rings (SSSR count). The minimum atomic E-state index is -0.544. The third-order valence-corrected chi connectivity index (χ3v) is 5.73. The van der Waals surface area contributed by atoms with Crippen molar-refractivity contribution in [3.8, 4) is 11.8 Å². The van der Waals surface area contributed by atoms with Gasteiger partial charge in [-0.15, -0.1) is 11.3 Å². The molecule has 2 aromatic heterocycles. The number of ether oxygens (including phenoxy) is 1. The van der Waals surface area contributed by atoms with Crippen molar-refractivity contribution < 1.29 is 9.53 Å². The molecule has 0 spiro atoms. The van der Waals surface area contributed by atoms with Gasteiger partial charge in [0.25, 0.3) is 11.5 Å². The second kappa shape index (κ2) is 11.4.